The molecule has 2 unspecified atom stereocenters. The molecule has 12 heavy (non-hydrogen) atoms. The van der Waals surface area contributed by atoms with Crippen molar-refractivity contribution in [2.24, 2.45) is 0 Å². The number of hydrogen-bond acceptors (Lipinski definition) is 3. The van der Waals surface area contributed by atoms with Gasteiger partial charge in [0.2, 0.25) is 0 Å². The Morgan fingerprint density at radius 2 is 2.17 bits per heavy atom. The van der Waals surface area contributed by atoms with Crippen molar-refractivity contribution in [2.75, 3.05) is 12.5 Å². The van der Waals surface area contributed by atoms with Gasteiger partial charge < -0.3 is 0 Å². The number of thioether (sulfide) groups is 1. The third-order valence-electron chi connectivity index (χ3n) is 2.38. The highest BCUT2D eigenvalue weighted by Crippen LogP contribution is 2.38. The molecule has 1 rings (SSSR count). The van der Waals surface area contributed by atoms with Crippen molar-refractivity contribution in [1.82, 2.24) is 0 Å². The van der Waals surface area contributed by atoms with Crippen LogP contribution in [-0.4, -0.2) is 26.6 Å². The van der Waals surface area contributed by atoms with Gasteiger partial charge in [0, 0.05) is 23.5 Å². The van der Waals surface area contributed by atoms with E-state index < -0.39 is 14.9 Å². The molecule has 1 saturated carbocycles. The fraction of sp³-hybridized carbons (Fsp3) is 0.875. The van der Waals surface area contributed by atoms with E-state index in [-0.39, 0.29) is 5.78 Å². The molecule has 4 heteroatoms. The van der Waals surface area contributed by atoms with Crippen molar-refractivity contribution in [1.29, 1.82) is 0 Å². The van der Waals surface area contributed by atoms with Crippen LogP contribution >= 0.6 is 11.8 Å². The maximum atomic E-state index is 11.6. The molecule has 70 valence electrons. The van der Waals surface area contributed by atoms with Gasteiger partial charge in [-0.3, -0.25) is 9.00 Å². The van der Waals surface area contributed by atoms with Crippen LogP contribution in [0.2, 0.25) is 0 Å². The fourth-order valence-electron chi connectivity index (χ4n) is 1.61. The Bertz CT molecular complexity index is 215. The van der Waals surface area contributed by atoms with Crippen LogP contribution in [0, 0.1) is 0 Å². The van der Waals surface area contributed by atoms with Gasteiger partial charge in [0.05, 0.1) is 0 Å². The predicted molar refractivity (Wildman–Crippen MR) is 53.8 cm³/mol. The minimum Gasteiger partial charge on any atom is -0.297 e. The molecule has 0 bridgehead atoms. The van der Waals surface area contributed by atoms with Crippen LogP contribution in [0.4, 0.5) is 0 Å². The molecule has 2 atom stereocenters. The zero-order valence-electron chi connectivity index (χ0n) is 7.46. The standard InChI is InChI=1S/C8H14O2S2/c1-11-8(12(2)10)6-4-3-5-7(8)9/h3-6H2,1-2H3. The molecule has 0 aromatic heterocycles. The zero-order chi connectivity index (χ0) is 9.19. The number of carbonyl (C=O) groups excluding carboxylic acids is 1. The molecule has 0 spiro atoms. The molecule has 0 radical (unpaired) electrons. The summed E-state index contributed by atoms with van der Waals surface area (Å²) in [7, 11) is -1.03. The van der Waals surface area contributed by atoms with Crippen molar-refractivity contribution in [3.8, 4) is 0 Å². The Morgan fingerprint density at radius 1 is 1.50 bits per heavy atom. The van der Waals surface area contributed by atoms with Crippen molar-refractivity contribution in [3.05, 3.63) is 0 Å². The minimum atomic E-state index is -1.03. The van der Waals surface area contributed by atoms with Crippen LogP contribution in [0.1, 0.15) is 25.7 Å². The summed E-state index contributed by atoms with van der Waals surface area (Å²) < 4.78 is 10.9. The SMILES string of the molecule is CSC1(S(C)=O)CCCCC1=O. The summed E-state index contributed by atoms with van der Waals surface area (Å²) in [5.74, 6) is 0.182. The van der Waals surface area contributed by atoms with E-state index in [2.05, 4.69) is 0 Å². The molecular weight excluding hydrogens is 192 g/mol. The molecule has 0 saturated heterocycles. The average Bonchev–Trinajstić information content (AvgIpc) is 2.05. The summed E-state index contributed by atoms with van der Waals surface area (Å²) >= 11 is 1.46. The van der Waals surface area contributed by atoms with Gasteiger partial charge in [0.15, 0.2) is 5.78 Å². The maximum Gasteiger partial charge on any atom is 0.161 e. The predicted octanol–water partition coefficient (Wildman–Crippen LogP) is 1.57. The van der Waals surface area contributed by atoms with Crippen LogP contribution in [0.3, 0.4) is 0 Å². The summed E-state index contributed by atoms with van der Waals surface area (Å²) in [6, 6.07) is 0. The molecule has 0 heterocycles. The maximum absolute atomic E-state index is 11.6. The lowest BCUT2D eigenvalue weighted by atomic mass is 9.98. The third-order valence-corrected chi connectivity index (χ3v) is 6.03. The van der Waals surface area contributed by atoms with Gasteiger partial charge in [0.25, 0.3) is 0 Å². The number of ketones is 1. The molecule has 1 fully saturated rings. The van der Waals surface area contributed by atoms with E-state index in [0.717, 1.165) is 19.3 Å². The van der Waals surface area contributed by atoms with Crippen LogP contribution in [0.5, 0.6) is 0 Å². The molecular formula is C8H14O2S2. The second kappa shape index (κ2) is 3.92. The van der Waals surface area contributed by atoms with Crippen molar-refractivity contribution in [2.45, 2.75) is 29.8 Å². The van der Waals surface area contributed by atoms with Crippen LogP contribution < -0.4 is 0 Å². The van der Waals surface area contributed by atoms with Crippen molar-refractivity contribution < 1.29 is 9.00 Å². The van der Waals surface area contributed by atoms with Crippen molar-refractivity contribution >= 4 is 28.3 Å². The van der Waals surface area contributed by atoms with E-state index in [1.165, 1.54) is 11.8 Å². The summed E-state index contributed by atoms with van der Waals surface area (Å²) in [5, 5.41) is 0. The quantitative estimate of drug-likeness (QED) is 0.687. The van der Waals surface area contributed by atoms with E-state index >= 15 is 0 Å². The van der Waals surface area contributed by atoms with Gasteiger partial charge in [-0.25, -0.2) is 0 Å². The average molecular weight is 206 g/mol. The molecule has 1 aliphatic carbocycles. The van der Waals surface area contributed by atoms with Gasteiger partial charge in [-0.05, 0) is 19.1 Å². The smallest absolute Gasteiger partial charge is 0.161 e. The first-order chi connectivity index (χ1) is 5.63. The van der Waals surface area contributed by atoms with Gasteiger partial charge in [-0.1, -0.05) is 6.42 Å². The number of carbonyl (C=O) groups is 1. The van der Waals surface area contributed by atoms with Gasteiger partial charge in [0.1, 0.15) is 4.08 Å². The van der Waals surface area contributed by atoms with E-state index in [1.54, 1.807) is 6.26 Å². The highest BCUT2D eigenvalue weighted by Gasteiger charge is 2.42. The summed E-state index contributed by atoms with van der Waals surface area (Å²) in [5.41, 5.74) is 0. The van der Waals surface area contributed by atoms with Crippen LogP contribution in [0.25, 0.3) is 0 Å². The Balaban J connectivity index is 2.88. The monoisotopic (exact) mass is 206 g/mol. The third kappa shape index (κ3) is 1.59. The van der Waals surface area contributed by atoms with Gasteiger partial charge >= 0.3 is 0 Å². The Morgan fingerprint density at radius 3 is 2.50 bits per heavy atom. The first kappa shape index (κ1) is 10.3. The van der Waals surface area contributed by atoms with E-state index in [9.17, 15) is 9.00 Å². The van der Waals surface area contributed by atoms with E-state index in [4.69, 9.17) is 0 Å². The van der Waals surface area contributed by atoms with E-state index in [0.29, 0.717) is 6.42 Å². The highest BCUT2D eigenvalue weighted by atomic mass is 32.2. The molecule has 0 aromatic carbocycles. The lowest BCUT2D eigenvalue weighted by molar-refractivity contribution is -0.120. The summed E-state index contributed by atoms with van der Waals surface area (Å²) in [6.45, 7) is 0. The largest absolute Gasteiger partial charge is 0.297 e. The lowest BCUT2D eigenvalue weighted by Crippen LogP contribution is -2.41. The van der Waals surface area contributed by atoms with Crippen molar-refractivity contribution in [3.63, 3.8) is 0 Å². The number of Topliss-reactive ketones (excluding diaryl/α,β-unsaturated/α-hetero) is 1. The second-order valence-electron chi connectivity index (χ2n) is 3.04. The molecule has 0 N–H and O–H groups in total. The molecule has 0 amide bonds. The second-order valence-corrected chi connectivity index (χ2v) is 6.01. The Labute approximate surface area is 79.9 Å². The molecule has 2 nitrogen and oxygen atoms in total. The molecule has 0 aliphatic heterocycles. The highest BCUT2D eigenvalue weighted by molar-refractivity contribution is 8.13. The first-order valence-corrected chi connectivity index (χ1v) is 6.84. The summed E-state index contributed by atoms with van der Waals surface area (Å²) in [6.07, 6.45) is 6.92. The molecule has 0 aromatic rings. The Hall–Kier alpha value is 0.170. The van der Waals surface area contributed by atoms with Crippen LogP contribution in [-0.2, 0) is 15.6 Å². The number of hydrogen-bond donors (Lipinski definition) is 0. The fourth-order valence-corrected chi connectivity index (χ4v) is 4.08. The molecule has 1 aliphatic rings. The Kier molecular flexibility index (Phi) is 3.35. The van der Waals surface area contributed by atoms with Gasteiger partial charge in [-0.2, -0.15) is 0 Å². The summed E-state index contributed by atoms with van der Waals surface area (Å²) in [4.78, 5) is 11.6. The lowest BCUT2D eigenvalue weighted by Gasteiger charge is -2.31. The zero-order valence-corrected chi connectivity index (χ0v) is 9.09. The topological polar surface area (TPSA) is 34.1 Å². The first-order valence-electron chi connectivity index (χ1n) is 4.05. The van der Waals surface area contributed by atoms with Crippen LogP contribution in [0.15, 0.2) is 0 Å². The minimum absolute atomic E-state index is 0.182. The van der Waals surface area contributed by atoms with Gasteiger partial charge in [-0.15, -0.1) is 11.8 Å². The normalized spacial score (nSPS) is 33.3. The number of rotatable bonds is 2. The van der Waals surface area contributed by atoms with E-state index in [1.807, 2.05) is 6.26 Å².